The molecule has 25 heavy (non-hydrogen) atoms. The molecule has 0 aliphatic heterocycles. The van der Waals surface area contributed by atoms with Gasteiger partial charge in [-0.3, -0.25) is 4.79 Å². The second kappa shape index (κ2) is 7.64. The third kappa shape index (κ3) is 6.28. The molecule has 0 aromatic heterocycles. The van der Waals surface area contributed by atoms with E-state index in [9.17, 15) is 4.79 Å². The van der Waals surface area contributed by atoms with Gasteiger partial charge in [-0.1, -0.05) is 51.1 Å². The second-order valence-electron chi connectivity index (χ2n) is 9.04. The molecule has 0 radical (unpaired) electrons. The van der Waals surface area contributed by atoms with Gasteiger partial charge in [0.15, 0.2) is 8.32 Å². The Kier molecular flexibility index (Phi) is 6.71. The molecule has 3 nitrogen and oxygen atoms in total. The molecule has 0 unspecified atom stereocenters. The minimum absolute atomic E-state index is 0.0262. The first-order valence-corrected chi connectivity index (χ1v) is 11.9. The molecular weight excluding hydrogens is 350 g/mol. The van der Waals surface area contributed by atoms with Gasteiger partial charge in [-0.05, 0) is 56.6 Å². The maximum Gasteiger partial charge on any atom is 0.249 e. The molecule has 1 amide bonds. The summed E-state index contributed by atoms with van der Waals surface area (Å²) in [5.74, 6) is -0.189. The van der Waals surface area contributed by atoms with Crippen molar-refractivity contribution in [3.05, 3.63) is 47.0 Å². The first-order chi connectivity index (χ1) is 11.1. The molecule has 0 aliphatic carbocycles. The zero-order valence-electron chi connectivity index (χ0n) is 16.8. The van der Waals surface area contributed by atoms with Crippen molar-refractivity contribution in [3.63, 3.8) is 0 Å². The van der Waals surface area contributed by atoms with Gasteiger partial charge in [0.1, 0.15) is 6.10 Å². The van der Waals surface area contributed by atoms with Gasteiger partial charge in [0.05, 0.1) is 0 Å². The smallest absolute Gasteiger partial charge is 0.249 e. The van der Waals surface area contributed by atoms with Gasteiger partial charge in [-0.2, -0.15) is 0 Å². The number of carbonyl (C=O) groups excluding carboxylic acids is 1. The minimum atomic E-state index is -2.11. The first-order valence-electron chi connectivity index (χ1n) is 8.59. The normalized spacial score (nSPS) is 14.1. The maximum absolute atomic E-state index is 12.7. The zero-order valence-corrected chi connectivity index (χ0v) is 18.5. The average Bonchev–Trinajstić information content (AvgIpc) is 2.42. The fourth-order valence-electron chi connectivity index (χ4n) is 1.99. The van der Waals surface area contributed by atoms with Crippen LogP contribution < -0.4 is 5.32 Å². The Hall–Kier alpha value is -1.10. The van der Waals surface area contributed by atoms with Crippen molar-refractivity contribution in [2.45, 2.75) is 71.3 Å². The van der Waals surface area contributed by atoms with Crippen molar-refractivity contribution in [2.24, 2.45) is 0 Å². The van der Waals surface area contributed by atoms with Crippen molar-refractivity contribution in [1.29, 1.82) is 0 Å². The highest BCUT2D eigenvalue weighted by molar-refractivity contribution is 6.74. The minimum Gasteiger partial charge on any atom is -0.406 e. The highest BCUT2D eigenvalue weighted by Crippen LogP contribution is 2.41. The van der Waals surface area contributed by atoms with E-state index < -0.39 is 14.4 Å². The molecule has 0 bridgehead atoms. The van der Waals surface area contributed by atoms with Crippen LogP contribution in [0.2, 0.25) is 23.2 Å². The molecular formula is C20H32ClNO2Si. The molecule has 0 fully saturated rings. The molecule has 1 atom stereocenters. The average molecular weight is 382 g/mol. The van der Waals surface area contributed by atoms with Crippen molar-refractivity contribution in [2.75, 3.05) is 0 Å². The summed E-state index contributed by atoms with van der Waals surface area (Å²) < 4.78 is 6.56. The maximum atomic E-state index is 12.7. The third-order valence-electron chi connectivity index (χ3n) is 4.49. The SMILES string of the molecule is C=C(C(=O)NC(C)(C)C)[C@@H](O[Si](C)(C)C(C)(C)C)c1ccc(Cl)cc1. The van der Waals surface area contributed by atoms with E-state index in [2.05, 4.69) is 45.8 Å². The number of rotatable bonds is 5. The van der Waals surface area contributed by atoms with Crippen LogP contribution in [-0.4, -0.2) is 19.8 Å². The summed E-state index contributed by atoms with van der Waals surface area (Å²) in [5, 5.41) is 3.65. The van der Waals surface area contributed by atoms with Crippen molar-refractivity contribution < 1.29 is 9.22 Å². The molecule has 1 aromatic rings. The van der Waals surface area contributed by atoms with Crippen LogP contribution in [0.3, 0.4) is 0 Å². The second-order valence-corrected chi connectivity index (χ2v) is 14.2. The number of hydrogen-bond donors (Lipinski definition) is 1. The molecule has 0 saturated heterocycles. The van der Waals surface area contributed by atoms with Crippen LogP contribution in [0.4, 0.5) is 0 Å². The standard InChI is InChI=1S/C20H32ClNO2Si/c1-14(18(23)22-19(2,3)4)17(15-10-12-16(21)13-11-15)24-25(8,9)20(5,6)7/h10-13,17H,1H2,2-9H3,(H,22,23)/t17-/m1/s1. The lowest BCUT2D eigenvalue weighted by molar-refractivity contribution is -0.119. The molecule has 1 aromatic carbocycles. The number of hydrogen-bond acceptors (Lipinski definition) is 2. The Labute approximate surface area is 158 Å². The molecule has 0 saturated carbocycles. The summed E-state index contributed by atoms with van der Waals surface area (Å²) in [4.78, 5) is 12.7. The van der Waals surface area contributed by atoms with Crippen molar-refractivity contribution >= 4 is 25.8 Å². The van der Waals surface area contributed by atoms with Crippen LogP contribution >= 0.6 is 11.6 Å². The van der Waals surface area contributed by atoms with E-state index in [-0.39, 0.29) is 16.5 Å². The molecule has 0 spiro atoms. The summed E-state index contributed by atoms with van der Waals surface area (Å²) in [5.41, 5.74) is 0.979. The van der Waals surface area contributed by atoms with Crippen molar-refractivity contribution in [1.82, 2.24) is 5.32 Å². The Morgan fingerprint density at radius 2 is 1.60 bits per heavy atom. The van der Waals surface area contributed by atoms with Gasteiger partial charge >= 0.3 is 0 Å². The highest BCUT2D eigenvalue weighted by atomic mass is 35.5. The van der Waals surface area contributed by atoms with Crippen LogP contribution in [0.15, 0.2) is 36.4 Å². The first kappa shape index (κ1) is 21.9. The van der Waals surface area contributed by atoms with Crippen LogP contribution in [-0.2, 0) is 9.22 Å². The van der Waals surface area contributed by atoms with Gasteiger partial charge in [-0.25, -0.2) is 0 Å². The molecule has 0 aliphatic rings. The molecule has 140 valence electrons. The molecule has 5 heteroatoms. The van der Waals surface area contributed by atoms with E-state index >= 15 is 0 Å². The molecule has 0 heterocycles. The van der Waals surface area contributed by atoms with Gasteiger partial charge in [0.25, 0.3) is 0 Å². The zero-order chi connectivity index (χ0) is 19.6. The summed E-state index contributed by atoms with van der Waals surface area (Å²) in [6, 6.07) is 7.42. The summed E-state index contributed by atoms with van der Waals surface area (Å²) in [6.45, 7) is 20.8. The summed E-state index contributed by atoms with van der Waals surface area (Å²) in [7, 11) is -2.11. The monoisotopic (exact) mass is 381 g/mol. The third-order valence-corrected chi connectivity index (χ3v) is 9.18. The Morgan fingerprint density at radius 1 is 1.12 bits per heavy atom. The molecule has 1 rings (SSSR count). The number of halogens is 1. The highest BCUT2D eigenvalue weighted by Gasteiger charge is 2.41. The van der Waals surface area contributed by atoms with Gasteiger partial charge in [0, 0.05) is 16.1 Å². The summed E-state index contributed by atoms with van der Waals surface area (Å²) in [6.07, 6.45) is -0.486. The Morgan fingerprint density at radius 3 is 2.00 bits per heavy atom. The quantitative estimate of drug-likeness (QED) is 0.511. The van der Waals surface area contributed by atoms with Gasteiger partial charge in [0.2, 0.25) is 5.91 Å². The Bertz CT molecular complexity index is 625. The van der Waals surface area contributed by atoms with Crippen LogP contribution in [0.5, 0.6) is 0 Å². The number of amides is 1. The topological polar surface area (TPSA) is 38.3 Å². The van der Waals surface area contributed by atoms with Crippen LogP contribution in [0.25, 0.3) is 0 Å². The summed E-state index contributed by atoms with van der Waals surface area (Å²) >= 11 is 6.02. The van der Waals surface area contributed by atoms with Gasteiger partial charge < -0.3 is 9.74 Å². The lowest BCUT2D eigenvalue weighted by Crippen LogP contribution is -2.45. The lowest BCUT2D eigenvalue weighted by Gasteiger charge is -2.40. The number of benzene rings is 1. The fraction of sp³-hybridized carbons (Fsp3) is 0.550. The predicted octanol–water partition coefficient (Wildman–Crippen LogP) is 5.87. The van der Waals surface area contributed by atoms with E-state index in [4.69, 9.17) is 16.0 Å². The van der Waals surface area contributed by atoms with E-state index in [0.717, 1.165) is 5.56 Å². The number of carbonyl (C=O) groups is 1. The van der Waals surface area contributed by atoms with Crippen molar-refractivity contribution in [3.8, 4) is 0 Å². The number of nitrogens with one attached hydrogen (secondary N) is 1. The van der Waals surface area contributed by atoms with Crippen LogP contribution in [0.1, 0.15) is 53.2 Å². The lowest BCUT2D eigenvalue weighted by atomic mass is 10.0. The van der Waals surface area contributed by atoms with E-state index in [1.165, 1.54) is 0 Å². The Balaban J connectivity index is 3.22. The van der Waals surface area contributed by atoms with E-state index in [1.54, 1.807) is 0 Å². The van der Waals surface area contributed by atoms with E-state index in [0.29, 0.717) is 10.6 Å². The molecule has 1 N–H and O–H groups in total. The van der Waals surface area contributed by atoms with Crippen LogP contribution in [0, 0.1) is 0 Å². The fourth-order valence-corrected chi connectivity index (χ4v) is 3.34. The van der Waals surface area contributed by atoms with Gasteiger partial charge in [-0.15, -0.1) is 0 Å². The largest absolute Gasteiger partial charge is 0.406 e. The predicted molar refractivity (Wildman–Crippen MR) is 110 cm³/mol. The van der Waals surface area contributed by atoms with E-state index in [1.807, 2.05) is 45.0 Å².